The zero-order valence-electron chi connectivity index (χ0n) is 13.2. The predicted molar refractivity (Wildman–Crippen MR) is 102 cm³/mol. The molecule has 130 valence electrons. The van der Waals surface area contributed by atoms with Crippen LogP contribution in [0.5, 0.6) is 5.75 Å². The summed E-state index contributed by atoms with van der Waals surface area (Å²) >= 11 is 6.21. The number of benzene rings is 2. The van der Waals surface area contributed by atoms with Gasteiger partial charge in [0.2, 0.25) is 0 Å². The van der Waals surface area contributed by atoms with Gasteiger partial charge >= 0.3 is 0 Å². The third-order valence-corrected chi connectivity index (χ3v) is 4.83. The minimum Gasteiger partial charge on any atom is -0.507 e. The summed E-state index contributed by atoms with van der Waals surface area (Å²) in [5.41, 5.74) is 3.70. The third-order valence-electron chi connectivity index (χ3n) is 3.53. The molecule has 1 heterocycles. The Kier molecular flexibility index (Phi) is 5.15. The molecule has 1 fully saturated rings. The molecule has 6 nitrogen and oxygen atoms in total. The first-order valence-corrected chi connectivity index (χ1v) is 8.64. The number of phenolic OH excluding ortho intramolecular Hbond substituents is 1. The number of para-hydroxylation sites is 1. The zero-order chi connectivity index (χ0) is 18.7. The second-order valence-corrected chi connectivity index (χ2v) is 6.94. The predicted octanol–water partition coefficient (Wildman–Crippen LogP) is 2.75. The summed E-state index contributed by atoms with van der Waals surface area (Å²) in [4.78, 5) is 35.8. The SMILES string of the molecule is O=Cc1ccc(C=C2SC(=S)N(NC(=O)c3ccccc3O)C2=O)cc1. The van der Waals surface area contributed by atoms with Crippen LogP contribution in [-0.2, 0) is 4.79 Å². The number of thiocarbonyl (C=S) groups is 1. The smallest absolute Gasteiger partial charge is 0.285 e. The number of hydrogen-bond donors (Lipinski definition) is 2. The highest BCUT2D eigenvalue weighted by molar-refractivity contribution is 8.26. The van der Waals surface area contributed by atoms with Gasteiger partial charge in [0.25, 0.3) is 11.8 Å². The standard InChI is InChI=1S/C18H12N2O4S2/c21-10-12-7-5-11(6-8-12)9-15-17(24)20(18(25)26-15)19-16(23)13-3-1-2-4-14(13)22/h1-10,22H,(H,19,23). The van der Waals surface area contributed by atoms with Gasteiger partial charge in [0.05, 0.1) is 10.5 Å². The number of rotatable bonds is 4. The van der Waals surface area contributed by atoms with Gasteiger partial charge in [-0.25, -0.2) is 0 Å². The molecular formula is C18H12N2O4S2. The van der Waals surface area contributed by atoms with Crippen LogP contribution in [0.15, 0.2) is 53.4 Å². The van der Waals surface area contributed by atoms with Crippen LogP contribution in [0, 0.1) is 0 Å². The molecular weight excluding hydrogens is 372 g/mol. The van der Waals surface area contributed by atoms with Gasteiger partial charge in [-0.15, -0.1) is 0 Å². The average molecular weight is 384 g/mol. The summed E-state index contributed by atoms with van der Waals surface area (Å²) in [5, 5.41) is 10.7. The van der Waals surface area contributed by atoms with Gasteiger partial charge in [0.15, 0.2) is 4.32 Å². The molecule has 2 aromatic carbocycles. The Balaban J connectivity index is 1.78. The Morgan fingerprint density at radius 2 is 1.77 bits per heavy atom. The van der Waals surface area contributed by atoms with E-state index in [1.54, 1.807) is 42.5 Å². The maximum atomic E-state index is 12.5. The summed E-state index contributed by atoms with van der Waals surface area (Å²) < 4.78 is 0.175. The van der Waals surface area contributed by atoms with E-state index >= 15 is 0 Å². The fourth-order valence-corrected chi connectivity index (χ4v) is 3.39. The number of phenols is 1. The summed E-state index contributed by atoms with van der Waals surface area (Å²) in [6.07, 6.45) is 2.36. The lowest BCUT2D eigenvalue weighted by molar-refractivity contribution is -0.123. The van der Waals surface area contributed by atoms with E-state index in [1.807, 2.05) is 0 Å². The molecule has 0 spiro atoms. The van der Waals surface area contributed by atoms with Crippen molar-refractivity contribution in [1.29, 1.82) is 0 Å². The Morgan fingerprint density at radius 3 is 2.42 bits per heavy atom. The number of aldehydes is 1. The highest BCUT2D eigenvalue weighted by atomic mass is 32.2. The molecule has 0 bridgehead atoms. The fraction of sp³-hybridized carbons (Fsp3) is 0. The van der Waals surface area contributed by atoms with E-state index in [2.05, 4.69) is 5.43 Å². The molecule has 0 atom stereocenters. The molecule has 2 amide bonds. The van der Waals surface area contributed by atoms with Gasteiger partial charge in [-0.1, -0.05) is 48.2 Å². The maximum absolute atomic E-state index is 12.5. The number of nitrogens with one attached hydrogen (secondary N) is 1. The minimum absolute atomic E-state index is 0.0370. The van der Waals surface area contributed by atoms with Gasteiger partial charge in [-0.2, -0.15) is 5.01 Å². The second-order valence-electron chi connectivity index (χ2n) is 5.26. The van der Waals surface area contributed by atoms with Crippen LogP contribution in [0.4, 0.5) is 0 Å². The number of thioether (sulfide) groups is 1. The van der Waals surface area contributed by atoms with Crippen molar-refractivity contribution in [3.63, 3.8) is 0 Å². The van der Waals surface area contributed by atoms with E-state index in [1.165, 1.54) is 12.1 Å². The van der Waals surface area contributed by atoms with Crippen LogP contribution in [0.2, 0.25) is 0 Å². The minimum atomic E-state index is -0.643. The monoisotopic (exact) mass is 384 g/mol. The van der Waals surface area contributed by atoms with Crippen LogP contribution in [0.25, 0.3) is 6.08 Å². The van der Waals surface area contributed by atoms with Crippen molar-refractivity contribution in [1.82, 2.24) is 10.4 Å². The molecule has 1 aliphatic rings. The van der Waals surface area contributed by atoms with E-state index in [0.717, 1.165) is 28.6 Å². The Labute approximate surface area is 158 Å². The largest absolute Gasteiger partial charge is 0.507 e. The van der Waals surface area contributed by atoms with E-state index in [-0.39, 0.29) is 15.6 Å². The highest BCUT2D eigenvalue weighted by Crippen LogP contribution is 2.31. The summed E-state index contributed by atoms with van der Waals surface area (Å²) in [6, 6.07) is 12.7. The summed E-state index contributed by atoms with van der Waals surface area (Å²) in [7, 11) is 0. The topological polar surface area (TPSA) is 86.7 Å². The van der Waals surface area contributed by atoms with Crippen molar-refractivity contribution in [2.24, 2.45) is 0 Å². The van der Waals surface area contributed by atoms with Crippen molar-refractivity contribution in [3.05, 3.63) is 70.1 Å². The first kappa shape index (κ1) is 17.8. The molecule has 0 aliphatic carbocycles. The Morgan fingerprint density at radius 1 is 1.12 bits per heavy atom. The molecule has 2 aromatic rings. The van der Waals surface area contributed by atoms with Crippen LogP contribution < -0.4 is 5.43 Å². The van der Waals surface area contributed by atoms with Crippen LogP contribution in [0.3, 0.4) is 0 Å². The molecule has 0 radical (unpaired) electrons. The van der Waals surface area contributed by atoms with E-state index in [9.17, 15) is 19.5 Å². The van der Waals surface area contributed by atoms with E-state index in [4.69, 9.17) is 12.2 Å². The summed E-state index contributed by atoms with van der Waals surface area (Å²) in [5.74, 6) is -1.31. The van der Waals surface area contributed by atoms with E-state index < -0.39 is 11.8 Å². The van der Waals surface area contributed by atoms with Crippen molar-refractivity contribution in [2.45, 2.75) is 0 Å². The van der Waals surface area contributed by atoms with Crippen molar-refractivity contribution < 1.29 is 19.5 Å². The normalized spacial score (nSPS) is 15.4. The third kappa shape index (κ3) is 3.66. The molecule has 2 N–H and O–H groups in total. The number of aromatic hydroxyl groups is 1. The lowest BCUT2D eigenvalue weighted by Crippen LogP contribution is -2.44. The molecule has 8 heteroatoms. The van der Waals surface area contributed by atoms with Gasteiger partial charge in [0.1, 0.15) is 12.0 Å². The Bertz CT molecular complexity index is 938. The Hall–Kier alpha value is -2.97. The average Bonchev–Trinajstić information content (AvgIpc) is 2.90. The summed E-state index contributed by atoms with van der Waals surface area (Å²) in [6.45, 7) is 0. The van der Waals surface area contributed by atoms with Crippen molar-refractivity contribution in [3.8, 4) is 5.75 Å². The van der Waals surface area contributed by atoms with Crippen LogP contribution in [0.1, 0.15) is 26.3 Å². The quantitative estimate of drug-likeness (QED) is 0.479. The maximum Gasteiger partial charge on any atom is 0.285 e. The van der Waals surface area contributed by atoms with Gasteiger partial charge in [-0.3, -0.25) is 19.8 Å². The lowest BCUT2D eigenvalue weighted by Gasteiger charge is -2.16. The highest BCUT2D eigenvalue weighted by Gasteiger charge is 2.34. The van der Waals surface area contributed by atoms with Gasteiger partial charge in [-0.05, 0) is 36.0 Å². The number of nitrogens with zero attached hydrogens (tertiary/aromatic N) is 1. The van der Waals surface area contributed by atoms with Crippen molar-refractivity contribution >= 4 is 52.5 Å². The molecule has 0 aromatic heterocycles. The number of hydrogen-bond acceptors (Lipinski definition) is 6. The van der Waals surface area contributed by atoms with E-state index in [0.29, 0.717) is 10.5 Å². The zero-order valence-corrected chi connectivity index (χ0v) is 14.8. The van der Waals surface area contributed by atoms with Gasteiger partial charge in [0, 0.05) is 5.56 Å². The number of hydrazine groups is 1. The molecule has 26 heavy (non-hydrogen) atoms. The second kappa shape index (κ2) is 7.51. The first-order chi connectivity index (χ1) is 12.5. The van der Waals surface area contributed by atoms with Crippen LogP contribution >= 0.6 is 24.0 Å². The molecule has 0 saturated carbocycles. The number of carbonyl (C=O) groups excluding carboxylic acids is 3. The molecule has 1 saturated heterocycles. The van der Waals surface area contributed by atoms with Gasteiger partial charge < -0.3 is 5.11 Å². The molecule has 3 rings (SSSR count). The number of carbonyl (C=O) groups is 3. The molecule has 0 unspecified atom stereocenters. The fourth-order valence-electron chi connectivity index (χ4n) is 2.21. The number of amides is 2. The van der Waals surface area contributed by atoms with Crippen molar-refractivity contribution in [2.75, 3.05) is 0 Å². The first-order valence-electron chi connectivity index (χ1n) is 7.42. The van der Waals surface area contributed by atoms with Crippen LogP contribution in [-0.4, -0.2) is 32.5 Å². The molecule has 1 aliphatic heterocycles. The lowest BCUT2D eigenvalue weighted by atomic mass is 10.1.